The summed E-state index contributed by atoms with van der Waals surface area (Å²) in [4.78, 5) is 0. The summed E-state index contributed by atoms with van der Waals surface area (Å²) in [5.41, 5.74) is 0. The lowest BCUT2D eigenvalue weighted by Crippen LogP contribution is -2.05. The molecule has 0 aromatic carbocycles. The van der Waals surface area contributed by atoms with Crippen LogP contribution in [-0.2, 0) is 0 Å². The molecule has 0 amide bonds. The first-order valence-corrected chi connectivity index (χ1v) is 4.22. The van der Waals surface area contributed by atoms with Crippen LogP contribution in [-0.4, -0.2) is 0 Å². The zero-order chi connectivity index (χ0) is 7.28. The highest BCUT2D eigenvalue weighted by molar-refractivity contribution is 4.58. The van der Waals surface area contributed by atoms with Gasteiger partial charge >= 0.3 is 0 Å². The van der Waals surface area contributed by atoms with Gasteiger partial charge in [-0.15, -0.1) is 0 Å². The summed E-state index contributed by atoms with van der Waals surface area (Å²) in [5.74, 6) is 1.85. The molecule has 0 heteroatoms. The molecule has 2 atom stereocenters. The molecular weight excluding hydrogens is 120 g/mol. The summed E-state index contributed by atoms with van der Waals surface area (Å²) in [6, 6.07) is 0. The van der Waals surface area contributed by atoms with Gasteiger partial charge in [0.25, 0.3) is 0 Å². The van der Waals surface area contributed by atoms with Crippen LogP contribution < -0.4 is 0 Å². The zero-order valence-electron chi connectivity index (χ0n) is 7.28. The average molecular weight is 144 g/mol. The molecule has 0 bridgehead atoms. The molecule has 0 saturated carbocycles. The third-order valence-electron chi connectivity index (χ3n) is 2.36. The number of hydrogen-bond acceptors (Lipinski definition) is 0. The molecule has 0 aliphatic heterocycles. The Labute approximate surface area is 67.0 Å². The van der Waals surface area contributed by atoms with Crippen LogP contribution in [0.5, 0.6) is 0 Å². The van der Waals surface area contributed by atoms with Crippen LogP contribution in [0.1, 0.15) is 54.4 Å². The van der Waals surface area contributed by atoms with E-state index in [0.717, 1.165) is 11.8 Å². The molecule has 64 valence electrons. The van der Waals surface area contributed by atoms with Gasteiger partial charge in [0.2, 0.25) is 0 Å². The van der Waals surface area contributed by atoms with Crippen molar-refractivity contribution in [3.8, 4) is 0 Å². The average Bonchev–Trinajstić information content (AvgIpc) is 1.87. The van der Waals surface area contributed by atoms with E-state index in [9.17, 15) is 0 Å². The quantitative estimate of drug-likeness (QED) is 0.557. The first kappa shape index (κ1) is 12.7. The van der Waals surface area contributed by atoms with Crippen molar-refractivity contribution in [1.82, 2.24) is 0 Å². The minimum absolute atomic E-state index is 0. The largest absolute Gasteiger partial charge is 0.0776 e. The van der Waals surface area contributed by atoms with Gasteiger partial charge in [-0.2, -0.15) is 0 Å². The fourth-order valence-electron chi connectivity index (χ4n) is 1.14. The molecule has 0 spiro atoms. The van der Waals surface area contributed by atoms with Crippen molar-refractivity contribution in [2.24, 2.45) is 11.8 Å². The Kier molecular flexibility index (Phi) is 9.00. The maximum absolute atomic E-state index is 2.36. The van der Waals surface area contributed by atoms with E-state index in [2.05, 4.69) is 27.7 Å². The van der Waals surface area contributed by atoms with E-state index in [1.165, 1.54) is 19.3 Å². The summed E-state index contributed by atoms with van der Waals surface area (Å²) in [7, 11) is 0. The highest BCUT2D eigenvalue weighted by Crippen LogP contribution is 2.18. The smallest absolute Gasteiger partial charge is 0.0417 e. The zero-order valence-corrected chi connectivity index (χ0v) is 7.28. The Balaban J connectivity index is 0. The van der Waals surface area contributed by atoms with E-state index in [4.69, 9.17) is 0 Å². The summed E-state index contributed by atoms with van der Waals surface area (Å²) in [6.45, 7) is 9.24. The van der Waals surface area contributed by atoms with Gasteiger partial charge in [0, 0.05) is 0 Å². The van der Waals surface area contributed by atoms with Gasteiger partial charge in [-0.1, -0.05) is 54.4 Å². The third kappa shape index (κ3) is 4.84. The topological polar surface area (TPSA) is 0 Å². The van der Waals surface area contributed by atoms with Gasteiger partial charge < -0.3 is 0 Å². The molecule has 0 aromatic rings. The summed E-state index contributed by atoms with van der Waals surface area (Å²) < 4.78 is 0. The lowest BCUT2D eigenvalue weighted by atomic mass is 9.90. The lowest BCUT2D eigenvalue weighted by molar-refractivity contribution is 0.352. The van der Waals surface area contributed by atoms with Crippen LogP contribution in [0.25, 0.3) is 0 Å². The molecular formula is C10H24. The fourth-order valence-corrected chi connectivity index (χ4v) is 1.14. The second-order valence-corrected chi connectivity index (χ2v) is 3.15. The van der Waals surface area contributed by atoms with Gasteiger partial charge in [0.1, 0.15) is 0 Å². The minimum Gasteiger partial charge on any atom is -0.0776 e. The predicted molar refractivity (Wildman–Crippen MR) is 50.3 cm³/mol. The van der Waals surface area contributed by atoms with Crippen molar-refractivity contribution in [3.05, 3.63) is 0 Å². The Morgan fingerprint density at radius 1 is 1.00 bits per heavy atom. The van der Waals surface area contributed by atoms with E-state index in [-0.39, 0.29) is 7.43 Å². The molecule has 0 heterocycles. The molecule has 0 fully saturated rings. The van der Waals surface area contributed by atoms with Crippen LogP contribution in [0.15, 0.2) is 0 Å². The lowest BCUT2D eigenvalue weighted by Gasteiger charge is -2.16. The van der Waals surface area contributed by atoms with Crippen molar-refractivity contribution in [2.45, 2.75) is 54.4 Å². The van der Waals surface area contributed by atoms with Gasteiger partial charge in [-0.3, -0.25) is 0 Å². The summed E-state index contributed by atoms with van der Waals surface area (Å²) >= 11 is 0. The predicted octanol–water partition coefficient (Wildman–Crippen LogP) is 4.10. The standard InChI is InChI=1S/C9H20.CH4/c1-5-7-9(4)8(3)6-2;/h8-9H,5-7H2,1-4H3;1H4/t8-,9-;/m1./s1. The Hall–Kier alpha value is 0. The van der Waals surface area contributed by atoms with Crippen molar-refractivity contribution in [3.63, 3.8) is 0 Å². The molecule has 0 aliphatic carbocycles. The van der Waals surface area contributed by atoms with Gasteiger partial charge in [0.15, 0.2) is 0 Å². The second kappa shape index (κ2) is 7.11. The van der Waals surface area contributed by atoms with Crippen LogP contribution in [0.2, 0.25) is 0 Å². The van der Waals surface area contributed by atoms with Gasteiger partial charge in [0.05, 0.1) is 0 Å². The van der Waals surface area contributed by atoms with Crippen LogP contribution >= 0.6 is 0 Å². The summed E-state index contributed by atoms with van der Waals surface area (Å²) in [6.07, 6.45) is 4.07. The maximum Gasteiger partial charge on any atom is -0.0417 e. The number of hydrogen-bond donors (Lipinski definition) is 0. The molecule has 10 heavy (non-hydrogen) atoms. The first-order valence-electron chi connectivity index (χ1n) is 4.22. The fraction of sp³-hybridized carbons (Fsp3) is 1.00. The molecule has 0 unspecified atom stereocenters. The van der Waals surface area contributed by atoms with Gasteiger partial charge in [-0.25, -0.2) is 0 Å². The third-order valence-corrected chi connectivity index (χ3v) is 2.36. The van der Waals surface area contributed by atoms with Crippen molar-refractivity contribution in [1.29, 1.82) is 0 Å². The highest BCUT2D eigenvalue weighted by atomic mass is 14.1. The molecule has 0 aliphatic rings. The van der Waals surface area contributed by atoms with Gasteiger partial charge in [-0.05, 0) is 11.8 Å². The van der Waals surface area contributed by atoms with E-state index in [1.54, 1.807) is 0 Å². The van der Waals surface area contributed by atoms with Crippen molar-refractivity contribution >= 4 is 0 Å². The molecule has 0 radical (unpaired) electrons. The monoisotopic (exact) mass is 144 g/mol. The van der Waals surface area contributed by atoms with E-state index < -0.39 is 0 Å². The molecule has 0 nitrogen and oxygen atoms in total. The van der Waals surface area contributed by atoms with E-state index in [0.29, 0.717) is 0 Å². The van der Waals surface area contributed by atoms with Crippen LogP contribution in [0, 0.1) is 11.8 Å². The molecule has 0 N–H and O–H groups in total. The summed E-state index contributed by atoms with van der Waals surface area (Å²) in [5, 5.41) is 0. The minimum atomic E-state index is 0. The van der Waals surface area contributed by atoms with Crippen LogP contribution in [0.3, 0.4) is 0 Å². The van der Waals surface area contributed by atoms with Crippen molar-refractivity contribution < 1.29 is 0 Å². The first-order chi connectivity index (χ1) is 4.22. The Bertz CT molecular complexity index is 57.1. The van der Waals surface area contributed by atoms with Crippen LogP contribution in [0.4, 0.5) is 0 Å². The number of rotatable bonds is 4. The Morgan fingerprint density at radius 2 is 1.50 bits per heavy atom. The maximum atomic E-state index is 2.36. The normalized spacial score (nSPS) is 15.6. The molecule has 0 saturated heterocycles. The second-order valence-electron chi connectivity index (χ2n) is 3.15. The van der Waals surface area contributed by atoms with E-state index >= 15 is 0 Å². The molecule has 0 aromatic heterocycles. The SMILES string of the molecule is C.CCC[C@@H](C)[C@H](C)CC. The van der Waals surface area contributed by atoms with E-state index in [1.807, 2.05) is 0 Å². The highest BCUT2D eigenvalue weighted by Gasteiger charge is 2.07. The van der Waals surface area contributed by atoms with Crippen molar-refractivity contribution in [2.75, 3.05) is 0 Å². The molecule has 0 rings (SSSR count). The Morgan fingerprint density at radius 3 is 1.80 bits per heavy atom.